The number of unbranched alkanes of at least 4 members (excludes halogenated alkanes) is 24. The van der Waals surface area contributed by atoms with Gasteiger partial charge in [0.2, 0.25) is 5.91 Å². The van der Waals surface area contributed by atoms with E-state index in [4.69, 9.17) is 9.47 Å². The van der Waals surface area contributed by atoms with Gasteiger partial charge in [-0.1, -0.05) is 221 Å². The lowest BCUT2D eigenvalue weighted by Gasteiger charge is -2.62. The van der Waals surface area contributed by atoms with Crippen LogP contribution in [0.15, 0.2) is 0 Å². The molecule has 3 fully saturated rings. The van der Waals surface area contributed by atoms with E-state index in [1.165, 1.54) is 180 Å². The molecule has 1 saturated carbocycles. The van der Waals surface area contributed by atoms with Gasteiger partial charge in [-0.2, -0.15) is 0 Å². The Morgan fingerprint density at radius 3 is 1.06 bits per heavy atom. The molecule has 2 aliphatic heterocycles. The van der Waals surface area contributed by atoms with E-state index in [9.17, 15) is 14.4 Å². The zero-order valence-electron chi connectivity index (χ0n) is 44.4. The van der Waals surface area contributed by atoms with Crippen LogP contribution >= 0.6 is 0 Å². The molecule has 7 heteroatoms. The van der Waals surface area contributed by atoms with E-state index < -0.39 is 0 Å². The highest BCUT2D eigenvalue weighted by atomic mass is 16.5. The van der Waals surface area contributed by atoms with Crippen molar-refractivity contribution < 1.29 is 23.9 Å². The second-order valence-corrected chi connectivity index (χ2v) is 21.8. The van der Waals surface area contributed by atoms with Crippen molar-refractivity contribution in [3.8, 4) is 0 Å². The fourth-order valence-corrected chi connectivity index (χ4v) is 11.6. The van der Waals surface area contributed by atoms with Gasteiger partial charge in [0, 0.05) is 43.2 Å². The molecule has 0 radical (unpaired) electrons. The summed E-state index contributed by atoms with van der Waals surface area (Å²) in [5, 5.41) is 0. The van der Waals surface area contributed by atoms with Crippen LogP contribution < -0.4 is 0 Å². The number of esters is 2. The maximum absolute atomic E-state index is 13.9. The Labute approximate surface area is 404 Å². The maximum Gasteiger partial charge on any atom is 0.306 e. The van der Waals surface area contributed by atoms with Gasteiger partial charge in [0.05, 0.1) is 13.2 Å². The van der Waals surface area contributed by atoms with Crippen LogP contribution in [0.4, 0.5) is 0 Å². The zero-order chi connectivity index (χ0) is 47.3. The van der Waals surface area contributed by atoms with Gasteiger partial charge < -0.3 is 19.3 Å². The van der Waals surface area contributed by atoms with E-state index in [2.05, 4.69) is 46.4 Å². The van der Waals surface area contributed by atoms with Gasteiger partial charge in [-0.05, 0) is 76.4 Å². The first-order valence-electron chi connectivity index (χ1n) is 29.0. The highest BCUT2D eigenvalue weighted by Crippen LogP contribution is 2.59. The van der Waals surface area contributed by atoms with Crippen molar-refractivity contribution in [2.45, 2.75) is 286 Å². The lowest BCUT2D eigenvalue weighted by molar-refractivity contribution is -0.199. The van der Waals surface area contributed by atoms with Crippen LogP contribution in [0.5, 0.6) is 0 Å². The number of hydrogen-bond acceptors (Lipinski definition) is 6. The number of nitrogens with zero attached hydrogens (tertiary/aromatic N) is 2. The number of piperidine rings is 2. The Kier molecular flexibility index (Phi) is 35.0. The molecule has 2 saturated heterocycles. The largest absolute Gasteiger partial charge is 0.465 e. The third kappa shape index (κ3) is 27.8. The molecule has 0 aromatic heterocycles. The summed E-state index contributed by atoms with van der Waals surface area (Å²) in [6.45, 7) is 18.4. The summed E-state index contributed by atoms with van der Waals surface area (Å²) >= 11 is 0. The van der Waals surface area contributed by atoms with Crippen molar-refractivity contribution in [3.05, 3.63) is 0 Å². The van der Waals surface area contributed by atoms with Crippen molar-refractivity contribution in [2.75, 3.05) is 45.9 Å². The van der Waals surface area contributed by atoms with E-state index >= 15 is 0 Å². The molecule has 1 aliphatic carbocycles. The van der Waals surface area contributed by atoms with Gasteiger partial charge in [0.15, 0.2) is 0 Å². The van der Waals surface area contributed by atoms with Crippen LogP contribution in [0.25, 0.3) is 0 Å². The third-order valence-corrected chi connectivity index (χ3v) is 15.5. The van der Waals surface area contributed by atoms with Gasteiger partial charge in [0.1, 0.15) is 0 Å². The molecule has 3 aliphatic rings. The van der Waals surface area contributed by atoms with E-state index in [-0.39, 0.29) is 28.7 Å². The Bertz CT molecular complexity index is 1060. The summed E-state index contributed by atoms with van der Waals surface area (Å²) in [6.07, 6.45) is 44.8. The minimum absolute atomic E-state index is 0.0603. The molecular weight excluding hydrogens is 805 g/mol. The third-order valence-electron chi connectivity index (χ3n) is 15.5. The molecule has 1 amide bonds. The van der Waals surface area contributed by atoms with E-state index in [0.29, 0.717) is 57.4 Å². The molecule has 0 spiro atoms. The first-order valence-corrected chi connectivity index (χ1v) is 29.0. The Hall–Kier alpha value is -1.63. The first-order chi connectivity index (χ1) is 31.7. The quantitative estimate of drug-likeness (QED) is 0.0447. The van der Waals surface area contributed by atoms with E-state index in [1.54, 1.807) is 0 Å². The Morgan fingerprint density at radius 1 is 0.446 bits per heavy atom. The fourth-order valence-electron chi connectivity index (χ4n) is 11.6. The monoisotopic (exact) mass is 915 g/mol. The van der Waals surface area contributed by atoms with Crippen LogP contribution in [0.2, 0.25) is 0 Å². The van der Waals surface area contributed by atoms with Gasteiger partial charge in [-0.15, -0.1) is 0 Å². The molecule has 0 aromatic carbocycles. The number of carbonyl (C=O) groups excluding carboxylic acids is 3. The molecule has 0 atom stereocenters. The molecular formula is C58H110N2O5. The molecule has 0 aromatic rings. The van der Waals surface area contributed by atoms with Gasteiger partial charge in [-0.3, -0.25) is 14.4 Å². The molecule has 65 heavy (non-hydrogen) atoms. The molecule has 0 unspecified atom stereocenters. The average Bonchev–Trinajstić information content (AvgIpc) is 3.29. The maximum atomic E-state index is 13.9. The minimum Gasteiger partial charge on any atom is -0.465 e. The van der Waals surface area contributed by atoms with Gasteiger partial charge in [0.25, 0.3) is 0 Å². The highest BCUT2D eigenvalue weighted by Gasteiger charge is 2.61. The SMILES string of the molecule is CCCCCCCCCC(CCCCCCCCC)CC(=O)OCC12CN(C(=O)CCCN(CC)CC)CC(COC(=O)CC(CCCCCCCCC)CCCCCCCCC)(C1)C2. The van der Waals surface area contributed by atoms with Crippen LogP contribution in [0, 0.1) is 22.7 Å². The summed E-state index contributed by atoms with van der Waals surface area (Å²) in [7, 11) is 0. The standard InChI is InChI=1S/C58H110N2O5/c1-7-13-17-21-25-29-33-38-52(39-34-30-26-22-18-14-8-2)44-55(62)64-50-57-46-58(47-57,49-60(48-57)54(61)42-37-43-59(11-5)12-6)51-65-56(63)45-53(40-35-31-27-23-19-15-9-3)41-36-32-28-24-20-16-10-4/h52-53H,7-51H2,1-6H3. The van der Waals surface area contributed by atoms with E-state index in [1.807, 2.05) is 4.90 Å². The Morgan fingerprint density at radius 2 is 0.754 bits per heavy atom. The second kappa shape index (κ2) is 38.2. The van der Waals surface area contributed by atoms with Crippen molar-refractivity contribution in [3.63, 3.8) is 0 Å². The second-order valence-electron chi connectivity index (χ2n) is 21.8. The molecule has 2 bridgehead atoms. The van der Waals surface area contributed by atoms with Crippen molar-refractivity contribution in [1.82, 2.24) is 9.80 Å². The summed E-state index contributed by atoms with van der Waals surface area (Å²) in [5.41, 5.74) is -0.504. The summed E-state index contributed by atoms with van der Waals surface area (Å²) in [5.74, 6) is 0.852. The fraction of sp³-hybridized carbons (Fsp3) is 0.948. The lowest BCUT2D eigenvalue weighted by Crippen LogP contribution is -2.67. The zero-order valence-corrected chi connectivity index (χ0v) is 44.4. The van der Waals surface area contributed by atoms with Crippen molar-refractivity contribution in [1.29, 1.82) is 0 Å². The van der Waals surface area contributed by atoms with Crippen molar-refractivity contribution in [2.24, 2.45) is 22.7 Å². The number of carbonyl (C=O) groups is 3. The minimum atomic E-state index is -0.252. The van der Waals surface area contributed by atoms with Gasteiger partial charge in [-0.25, -0.2) is 0 Å². The predicted octanol–water partition coefficient (Wildman–Crippen LogP) is 16.4. The molecule has 382 valence electrons. The number of amides is 1. The van der Waals surface area contributed by atoms with Crippen LogP contribution in [0.3, 0.4) is 0 Å². The normalized spacial score (nSPS) is 18.2. The summed E-state index contributed by atoms with van der Waals surface area (Å²) < 4.78 is 12.5. The molecule has 0 N–H and O–H groups in total. The average molecular weight is 916 g/mol. The molecule has 2 heterocycles. The molecule has 7 nitrogen and oxygen atoms in total. The topological polar surface area (TPSA) is 76.2 Å². The van der Waals surface area contributed by atoms with Gasteiger partial charge >= 0.3 is 11.9 Å². The summed E-state index contributed by atoms with van der Waals surface area (Å²) in [6, 6.07) is 0. The number of ether oxygens (including phenoxy) is 2. The number of fused-ring (bicyclic) bond motifs is 2. The highest BCUT2D eigenvalue weighted by molar-refractivity contribution is 5.77. The van der Waals surface area contributed by atoms with Crippen LogP contribution in [0.1, 0.15) is 286 Å². The van der Waals surface area contributed by atoms with E-state index in [0.717, 1.165) is 64.6 Å². The van der Waals surface area contributed by atoms with Crippen molar-refractivity contribution >= 4 is 17.8 Å². The Balaban J connectivity index is 2.05. The number of rotatable bonds is 46. The first kappa shape index (κ1) is 59.5. The number of hydrogen-bond donors (Lipinski definition) is 0. The van der Waals surface area contributed by atoms with Crippen LogP contribution in [-0.2, 0) is 23.9 Å². The summed E-state index contributed by atoms with van der Waals surface area (Å²) in [4.78, 5) is 45.6. The van der Waals surface area contributed by atoms with Crippen LogP contribution in [-0.4, -0.2) is 73.6 Å². The molecule has 3 rings (SSSR count). The lowest BCUT2D eigenvalue weighted by atomic mass is 9.50. The smallest absolute Gasteiger partial charge is 0.306 e. The predicted molar refractivity (Wildman–Crippen MR) is 276 cm³/mol.